The number of rotatable bonds is 4. The van der Waals surface area contributed by atoms with E-state index in [1.165, 1.54) is 4.88 Å². The maximum absolute atomic E-state index is 9.41. The number of hydrogen-bond donors (Lipinski definition) is 1. The van der Waals surface area contributed by atoms with Crippen LogP contribution < -0.4 is 0 Å². The largest absolute Gasteiger partial charge is 0.396 e. The Morgan fingerprint density at radius 3 is 2.57 bits per heavy atom. The van der Waals surface area contributed by atoms with Gasteiger partial charge in [-0.1, -0.05) is 20.8 Å². The summed E-state index contributed by atoms with van der Waals surface area (Å²) in [5.41, 5.74) is -0.0149. The molecule has 1 atom stereocenters. The summed E-state index contributed by atoms with van der Waals surface area (Å²) in [6, 6.07) is 0. The van der Waals surface area contributed by atoms with Crippen LogP contribution >= 0.6 is 11.3 Å². The Kier molecular flexibility index (Phi) is 3.67. The fourth-order valence-electron chi connectivity index (χ4n) is 1.33. The van der Waals surface area contributed by atoms with Crippen LogP contribution in [0.3, 0.4) is 0 Å². The Balaban J connectivity index is 2.75. The Labute approximate surface area is 90.0 Å². The minimum absolute atomic E-state index is 0.0149. The van der Waals surface area contributed by atoms with Crippen molar-refractivity contribution < 1.29 is 5.11 Å². The van der Waals surface area contributed by atoms with E-state index in [9.17, 15) is 5.11 Å². The first-order chi connectivity index (χ1) is 6.48. The molecule has 1 rings (SSSR count). The first-order valence-electron chi connectivity index (χ1n) is 5.00. The van der Waals surface area contributed by atoms with Crippen LogP contribution in [0.25, 0.3) is 0 Å². The third-order valence-corrected chi connectivity index (χ3v) is 3.92. The molecule has 0 saturated heterocycles. The van der Waals surface area contributed by atoms with Crippen molar-refractivity contribution in [3.05, 3.63) is 16.1 Å². The van der Waals surface area contributed by atoms with Crippen molar-refractivity contribution in [3.8, 4) is 0 Å². The van der Waals surface area contributed by atoms with Crippen molar-refractivity contribution in [1.82, 2.24) is 4.98 Å². The lowest BCUT2D eigenvalue weighted by atomic mass is 9.77. The van der Waals surface area contributed by atoms with E-state index in [0.717, 1.165) is 11.4 Å². The van der Waals surface area contributed by atoms with Gasteiger partial charge in [0, 0.05) is 17.7 Å². The van der Waals surface area contributed by atoms with E-state index in [4.69, 9.17) is 0 Å². The Bertz CT molecular complexity index is 295. The van der Waals surface area contributed by atoms with Gasteiger partial charge in [0.25, 0.3) is 0 Å². The molecule has 0 radical (unpaired) electrons. The molecule has 3 heteroatoms. The van der Waals surface area contributed by atoms with Crippen LogP contribution in [0.1, 0.15) is 30.7 Å². The molecule has 0 aliphatic rings. The fourth-order valence-corrected chi connectivity index (χ4v) is 2.32. The van der Waals surface area contributed by atoms with Gasteiger partial charge in [0.05, 0.1) is 5.01 Å². The molecule has 80 valence electrons. The monoisotopic (exact) mass is 213 g/mol. The molecule has 0 aromatic carbocycles. The maximum Gasteiger partial charge on any atom is 0.0896 e. The minimum atomic E-state index is -0.0149. The van der Waals surface area contributed by atoms with Gasteiger partial charge in [0.15, 0.2) is 0 Å². The summed E-state index contributed by atoms with van der Waals surface area (Å²) in [4.78, 5) is 5.50. The van der Waals surface area contributed by atoms with Crippen molar-refractivity contribution in [1.29, 1.82) is 0 Å². The fraction of sp³-hybridized carbons (Fsp3) is 0.727. The second-order valence-electron chi connectivity index (χ2n) is 4.49. The summed E-state index contributed by atoms with van der Waals surface area (Å²) < 4.78 is 0. The molecule has 14 heavy (non-hydrogen) atoms. The highest BCUT2D eigenvalue weighted by Crippen LogP contribution is 2.32. The highest BCUT2D eigenvalue weighted by atomic mass is 32.1. The molecular weight excluding hydrogens is 194 g/mol. The van der Waals surface area contributed by atoms with Crippen LogP contribution in [0.15, 0.2) is 6.20 Å². The van der Waals surface area contributed by atoms with Crippen LogP contribution in [-0.2, 0) is 6.42 Å². The summed E-state index contributed by atoms with van der Waals surface area (Å²) in [6.45, 7) is 8.70. The maximum atomic E-state index is 9.41. The smallest absolute Gasteiger partial charge is 0.0896 e. The molecule has 1 aromatic rings. The third-order valence-electron chi connectivity index (χ3n) is 3.00. The predicted octanol–water partition coefficient (Wildman–Crippen LogP) is 2.65. The topological polar surface area (TPSA) is 33.1 Å². The molecule has 0 fully saturated rings. The SMILES string of the molecule is Cc1ncc(CC(C)(CO)C(C)C)s1. The Morgan fingerprint density at radius 1 is 1.57 bits per heavy atom. The second kappa shape index (κ2) is 4.41. The van der Waals surface area contributed by atoms with Gasteiger partial charge < -0.3 is 5.11 Å². The van der Waals surface area contributed by atoms with E-state index in [2.05, 4.69) is 25.8 Å². The Morgan fingerprint density at radius 2 is 2.21 bits per heavy atom. The number of aliphatic hydroxyl groups is 1. The molecular formula is C11H19NOS. The van der Waals surface area contributed by atoms with Crippen molar-refractivity contribution in [2.45, 2.75) is 34.1 Å². The van der Waals surface area contributed by atoms with Gasteiger partial charge in [-0.3, -0.25) is 0 Å². The quantitative estimate of drug-likeness (QED) is 0.834. The van der Waals surface area contributed by atoms with Gasteiger partial charge in [-0.2, -0.15) is 0 Å². The highest BCUT2D eigenvalue weighted by Gasteiger charge is 2.28. The van der Waals surface area contributed by atoms with Crippen LogP contribution in [0.2, 0.25) is 0 Å². The molecule has 1 heterocycles. The summed E-state index contributed by atoms with van der Waals surface area (Å²) >= 11 is 1.73. The molecule has 2 nitrogen and oxygen atoms in total. The van der Waals surface area contributed by atoms with Crippen molar-refractivity contribution in [3.63, 3.8) is 0 Å². The summed E-state index contributed by atoms with van der Waals surface area (Å²) in [5, 5.41) is 10.5. The molecule has 0 saturated carbocycles. The number of hydrogen-bond acceptors (Lipinski definition) is 3. The van der Waals surface area contributed by atoms with E-state index in [-0.39, 0.29) is 12.0 Å². The van der Waals surface area contributed by atoms with E-state index < -0.39 is 0 Å². The number of aliphatic hydroxyl groups excluding tert-OH is 1. The highest BCUT2D eigenvalue weighted by molar-refractivity contribution is 7.11. The predicted molar refractivity (Wildman–Crippen MR) is 60.6 cm³/mol. The van der Waals surface area contributed by atoms with Gasteiger partial charge in [-0.15, -0.1) is 11.3 Å². The zero-order chi connectivity index (χ0) is 10.8. The standard InChI is InChI=1S/C11H19NOS/c1-8(2)11(4,7-13)5-10-6-12-9(3)14-10/h6,8,13H,5,7H2,1-4H3. The molecule has 1 unspecified atom stereocenters. The number of aryl methyl sites for hydroxylation is 1. The molecule has 1 N–H and O–H groups in total. The average molecular weight is 213 g/mol. The van der Waals surface area contributed by atoms with E-state index >= 15 is 0 Å². The number of thiazole rings is 1. The first-order valence-corrected chi connectivity index (χ1v) is 5.82. The number of aromatic nitrogens is 1. The second-order valence-corrected chi connectivity index (χ2v) is 5.81. The molecule has 0 bridgehead atoms. The summed E-state index contributed by atoms with van der Waals surface area (Å²) in [7, 11) is 0. The number of nitrogens with zero attached hydrogens (tertiary/aromatic N) is 1. The lowest BCUT2D eigenvalue weighted by molar-refractivity contribution is 0.0955. The van der Waals surface area contributed by atoms with E-state index in [0.29, 0.717) is 5.92 Å². The van der Waals surface area contributed by atoms with E-state index in [1.54, 1.807) is 11.3 Å². The molecule has 0 amide bonds. The van der Waals surface area contributed by atoms with Gasteiger partial charge in [0.1, 0.15) is 0 Å². The molecule has 0 spiro atoms. The van der Waals surface area contributed by atoms with Crippen molar-refractivity contribution >= 4 is 11.3 Å². The normalized spacial score (nSPS) is 15.9. The third kappa shape index (κ3) is 2.55. The first kappa shape index (κ1) is 11.7. The van der Waals surface area contributed by atoms with Gasteiger partial charge in [-0.25, -0.2) is 4.98 Å². The molecule has 1 aromatic heterocycles. The lowest BCUT2D eigenvalue weighted by Crippen LogP contribution is -2.30. The van der Waals surface area contributed by atoms with Gasteiger partial charge >= 0.3 is 0 Å². The zero-order valence-corrected chi connectivity index (χ0v) is 10.2. The Hall–Kier alpha value is -0.410. The van der Waals surface area contributed by atoms with E-state index in [1.807, 2.05) is 13.1 Å². The van der Waals surface area contributed by atoms with Crippen LogP contribution in [0, 0.1) is 18.3 Å². The minimum Gasteiger partial charge on any atom is -0.396 e. The van der Waals surface area contributed by atoms with Crippen LogP contribution in [0.5, 0.6) is 0 Å². The van der Waals surface area contributed by atoms with Crippen molar-refractivity contribution in [2.75, 3.05) is 6.61 Å². The van der Waals surface area contributed by atoms with Crippen LogP contribution in [-0.4, -0.2) is 16.7 Å². The van der Waals surface area contributed by atoms with Crippen LogP contribution in [0.4, 0.5) is 0 Å². The summed E-state index contributed by atoms with van der Waals surface area (Å²) in [6.07, 6.45) is 2.85. The average Bonchev–Trinajstić information content (AvgIpc) is 2.50. The zero-order valence-electron chi connectivity index (χ0n) is 9.37. The summed E-state index contributed by atoms with van der Waals surface area (Å²) in [5.74, 6) is 0.481. The van der Waals surface area contributed by atoms with Gasteiger partial charge in [0.2, 0.25) is 0 Å². The van der Waals surface area contributed by atoms with Crippen molar-refractivity contribution in [2.24, 2.45) is 11.3 Å². The van der Waals surface area contributed by atoms with Gasteiger partial charge in [-0.05, 0) is 24.7 Å². The molecule has 0 aliphatic heterocycles. The molecule has 0 aliphatic carbocycles. The lowest BCUT2D eigenvalue weighted by Gasteiger charge is -2.31.